The van der Waals surface area contributed by atoms with Gasteiger partial charge >= 0.3 is 0 Å². The van der Waals surface area contributed by atoms with Gasteiger partial charge in [-0.25, -0.2) is 13.1 Å². The normalized spacial score (nSPS) is 17.4. The first-order chi connectivity index (χ1) is 8.92. The molecule has 5 heteroatoms. The average Bonchev–Trinajstić information content (AvgIpc) is 3.12. The van der Waals surface area contributed by atoms with Crippen LogP contribution in [0.15, 0.2) is 23.1 Å². The summed E-state index contributed by atoms with van der Waals surface area (Å²) in [7, 11) is -3.43. The van der Waals surface area contributed by atoms with Crippen molar-refractivity contribution in [2.24, 2.45) is 11.7 Å². The number of aryl methyl sites for hydroxylation is 1. The van der Waals surface area contributed by atoms with Crippen molar-refractivity contribution in [3.63, 3.8) is 0 Å². The van der Waals surface area contributed by atoms with Gasteiger partial charge < -0.3 is 5.73 Å². The monoisotopic (exact) mass is 282 g/mol. The Bertz CT molecular complexity index is 551. The zero-order valence-electron chi connectivity index (χ0n) is 11.5. The molecule has 0 heterocycles. The maximum atomic E-state index is 12.3. The molecule has 4 nitrogen and oxygen atoms in total. The third kappa shape index (κ3) is 3.78. The Labute approximate surface area is 115 Å². The fraction of sp³-hybridized carbons (Fsp3) is 0.571. The van der Waals surface area contributed by atoms with Crippen LogP contribution < -0.4 is 10.5 Å². The maximum Gasteiger partial charge on any atom is 0.240 e. The first-order valence-electron chi connectivity index (χ1n) is 6.74. The van der Waals surface area contributed by atoms with Crippen LogP contribution in [0, 0.1) is 12.8 Å². The van der Waals surface area contributed by atoms with Gasteiger partial charge in [-0.1, -0.05) is 18.9 Å². The Hall–Kier alpha value is -0.910. The highest BCUT2D eigenvalue weighted by atomic mass is 32.2. The highest BCUT2D eigenvalue weighted by Gasteiger charge is 2.26. The number of hydrogen-bond acceptors (Lipinski definition) is 3. The average molecular weight is 282 g/mol. The van der Waals surface area contributed by atoms with Crippen molar-refractivity contribution < 1.29 is 8.42 Å². The van der Waals surface area contributed by atoms with Gasteiger partial charge in [0, 0.05) is 12.6 Å². The molecule has 0 saturated heterocycles. The molecule has 0 amide bonds. The number of nitrogens with two attached hydrogens (primary N) is 1. The van der Waals surface area contributed by atoms with Gasteiger partial charge in [-0.05, 0) is 49.4 Å². The molecule has 1 aromatic rings. The standard InChI is InChI=1S/C14H22N2O2S/c1-10-3-6-14(8-13(10)9-15)19(17,18)16-11(2)7-12-4-5-12/h3,6,8,11-12,16H,4-5,7,9,15H2,1-2H3. The van der Waals surface area contributed by atoms with Crippen LogP contribution in [0.3, 0.4) is 0 Å². The molecule has 0 aromatic heterocycles. The lowest BCUT2D eigenvalue weighted by molar-refractivity contribution is 0.530. The molecular weight excluding hydrogens is 260 g/mol. The number of rotatable bonds is 6. The van der Waals surface area contributed by atoms with Crippen LogP contribution in [0.25, 0.3) is 0 Å². The van der Waals surface area contributed by atoms with Gasteiger partial charge in [0.15, 0.2) is 0 Å². The van der Waals surface area contributed by atoms with Crippen LogP contribution in [0.2, 0.25) is 0 Å². The summed E-state index contributed by atoms with van der Waals surface area (Å²) in [6, 6.07) is 5.10. The Balaban J connectivity index is 2.13. The molecule has 0 aliphatic heterocycles. The van der Waals surface area contributed by atoms with Crippen molar-refractivity contribution >= 4 is 10.0 Å². The minimum atomic E-state index is -3.43. The summed E-state index contributed by atoms with van der Waals surface area (Å²) in [6.45, 7) is 4.21. The van der Waals surface area contributed by atoms with Crippen LogP contribution in [0.5, 0.6) is 0 Å². The van der Waals surface area contributed by atoms with E-state index in [2.05, 4.69) is 4.72 Å². The van der Waals surface area contributed by atoms with Gasteiger partial charge in [0.25, 0.3) is 0 Å². The second-order valence-corrected chi connectivity index (χ2v) is 7.21. The number of sulfonamides is 1. The first kappa shape index (κ1) is 14.5. The van der Waals surface area contributed by atoms with Gasteiger partial charge in [-0.15, -0.1) is 0 Å². The molecule has 1 aliphatic carbocycles. The van der Waals surface area contributed by atoms with Crippen LogP contribution in [0.1, 0.15) is 37.3 Å². The van der Waals surface area contributed by atoms with Crippen molar-refractivity contribution in [1.29, 1.82) is 0 Å². The van der Waals surface area contributed by atoms with Gasteiger partial charge in [0.2, 0.25) is 10.0 Å². The number of benzene rings is 1. The molecule has 0 bridgehead atoms. The van der Waals surface area contributed by atoms with Gasteiger partial charge in [0.1, 0.15) is 0 Å². The van der Waals surface area contributed by atoms with Crippen molar-refractivity contribution in [2.75, 3.05) is 0 Å². The van der Waals surface area contributed by atoms with E-state index in [1.54, 1.807) is 12.1 Å². The van der Waals surface area contributed by atoms with Crippen molar-refractivity contribution in [2.45, 2.75) is 50.6 Å². The van der Waals surface area contributed by atoms with E-state index >= 15 is 0 Å². The minimum absolute atomic E-state index is 0.0138. The van der Waals surface area contributed by atoms with E-state index in [1.165, 1.54) is 12.8 Å². The molecule has 19 heavy (non-hydrogen) atoms. The third-order valence-corrected chi connectivity index (χ3v) is 5.18. The van der Waals surface area contributed by atoms with Crippen molar-refractivity contribution in [3.05, 3.63) is 29.3 Å². The molecule has 1 aromatic carbocycles. The Morgan fingerprint density at radius 2 is 2.11 bits per heavy atom. The lowest BCUT2D eigenvalue weighted by Crippen LogP contribution is -2.33. The lowest BCUT2D eigenvalue weighted by Gasteiger charge is -2.15. The van der Waals surface area contributed by atoms with E-state index in [-0.39, 0.29) is 6.04 Å². The quantitative estimate of drug-likeness (QED) is 0.837. The lowest BCUT2D eigenvalue weighted by atomic mass is 10.1. The van der Waals surface area contributed by atoms with E-state index in [0.717, 1.165) is 17.5 Å². The molecule has 2 rings (SSSR count). The van der Waals surface area contributed by atoms with Crippen LogP contribution >= 0.6 is 0 Å². The molecule has 1 fully saturated rings. The molecule has 0 radical (unpaired) electrons. The molecule has 1 atom stereocenters. The second-order valence-electron chi connectivity index (χ2n) is 5.49. The van der Waals surface area contributed by atoms with Crippen LogP contribution in [0.4, 0.5) is 0 Å². The van der Waals surface area contributed by atoms with Crippen molar-refractivity contribution in [1.82, 2.24) is 4.72 Å². The highest BCUT2D eigenvalue weighted by Crippen LogP contribution is 2.33. The zero-order valence-corrected chi connectivity index (χ0v) is 12.3. The molecular formula is C14H22N2O2S. The smallest absolute Gasteiger partial charge is 0.240 e. The zero-order chi connectivity index (χ0) is 14.0. The highest BCUT2D eigenvalue weighted by molar-refractivity contribution is 7.89. The summed E-state index contributed by atoms with van der Waals surface area (Å²) < 4.78 is 27.3. The topological polar surface area (TPSA) is 72.2 Å². The second kappa shape index (κ2) is 5.61. The number of nitrogens with one attached hydrogen (secondary N) is 1. The van der Waals surface area contributed by atoms with E-state index in [0.29, 0.717) is 17.4 Å². The predicted octanol–water partition coefficient (Wildman–Crippen LogP) is 1.92. The summed E-state index contributed by atoms with van der Waals surface area (Å²) in [5.41, 5.74) is 7.52. The molecule has 106 valence electrons. The van der Waals surface area contributed by atoms with E-state index in [4.69, 9.17) is 5.73 Å². The van der Waals surface area contributed by atoms with Crippen LogP contribution in [-0.4, -0.2) is 14.5 Å². The summed E-state index contributed by atoms with van der Waals surface area (Å²) in [5, 5.41) is 0. The third-order valence-electron chi connectivity index (χ3n) is 3.59. The number of hydrogen-bond donors (Lipinski definition) is 2. The summed E-state index contributed by atoms with van der Waals surface area (Å²) in [4.78, 5) is 0.307. The largest absolute Gasteiger partial charge is 0.326 e. The Morgan fingerprint density at radius 1 is 1.42 bits per heavy atom. The van der Waals surface area contributed by atoms with Crippen LogP contribution in [-0.2, 0) is 16.6 Å². The van der Waals surface area contributed by atoms with E-state index in [9.17, 15) is 8.42 Å². The Kier molecular flexibility index (Phi) is 4.28. The molecule has 1 saturated carbocycles. The molecule has 0 spiro atoms. The fourth-order valence-corrected chi connectivity index (χ4v) is 3.58. The van der Waals surface area contributed by atoms with Gasteiger partial charge in [-0.2, -0.15) is 0 Å². The molecule has 1 unspecified atom stereocenters. The van der Waals surface area contributed by atoms with E-state index in [1.807, 2.05) is 19.9 Å². The van der Waals surface area contributed by atoms with Gasteiger partial charge in [0.05, 0.1) is 4.90 Å². The predicted molar refractivity (Wildman–Crippen MR) is 76.2 cm³/mol. The maximum absolute atomic E-state index is 12.3. The van der Waals surface area contributed by atoms with Gasteiger partial charge in [-0.3, -0.25) is 0 Å². The molecule has 1 aliphatic rings. The summed E-state index contributed by atoms with van der Waals surface area (Å²) >= 11 is 0. The minimum Gasteiger partial charge on any atom is -0.326 e. The summed E-state index contributed by atoms with van der Waals surface area (Å²) in [6.07, 6.45) is 3.39. The van der Waals surface area contributed by atoms with Crippen molar-refractivity contribution in [3.8, 4) is 0 Å². The first-order valence-corrected chi connectivity index (χ1v) is 8.22. The SMILES string of the molecule is Cc1ccc(S(=O)(=O)NC(C)CC2CC2)cc1CN. The fourth-order valence-electron chi connectivity index (χ4n) is 2.27. The summed E-state index contributed by atoms with van der Waals surface area (Å²) in [5.74, 6) is 0.704. The Morgan fingerprint density at radius 3 is 2.68 bits per heavy atom. The van der Waals surface area contributed by atoms with E-state index < -0.39 is 10.0 Å². The molecule has 3 N–H and O–H groups in total.